The average Bonchev–Trinajstić information content (AvgIpc) is 3.04. The molecule has 3 heteroatoms. The Labute approximate surface area is 112 Å². The Balaban J connectivity index is 1.70. The molecule has 2 saturated heterocycles. The fourth-order valence-corrected chi connectivity index (χ4v) is 3.68. The van der Waals surface area contributed by atoms with Gasteiger partial charge in [0.25, 0.3) is 0 Å². The van der Waals surface area contributed by atoms with Crippen LogP contribution in [0.4, 0.5) is 0 Å². The van der Waals surface area contributed by atoms with Crippen LogP contribution in [0.3, 0.4) is 0 Å². The molecule has 0 amide bonds. The molecule has 2 aliphatic heterocycles. The Bertz CT molecular complexity index is 573. The highest BCUT2D eigenvalue weighted by molar-refractivity contribution is 5.77. The molecular formula is C16H19NO2. The first-order chi connectivity index (χ1) is 9.24. The quantitative estimate of drug-likeness (QED) is 0.853. The van der Waals surface area contributed by atoms with Crippen LogP contribution in [-0.4, -0.2) is 29.1 Å². The zero-order chi connectivity index (χ0) is 12.9. The van der Waals surface area contributed by atoms with E-state index in [-0.39, 0.29) is 0 Å². The van der Waals surface area contributed by atoms with E-state index in [1.165, 1.54) is 19.4 Å². The number of para-hydroxylation sites is 1. The number of hydrogen-bond donors (Lipinski definition) is 1. The largest absolute Gasteiger partial charge is 0.458 e. The van der Waals surface area contributed by atoms with Gasteiger partial charge in [0.1, 0.15) is 16.9 Å². The van der Waals surface area contributed by atoms with Gasteiger partial charge in [0.2, 0.25) is 0 Å². The van der Waals surface area contributed by atoms with Crippen LogP contribution in [0, 0.1) is 0 Å². The number of furan rings is 1. The van der Waals surface area contributed by atoms with Crippen molar-refractivity contribution in [2.45, 2.75) is 37.3 Å². The highest BCUT2D eigenvalue weighted by Gasteiger charge is 2.43. The Kier molecular flexibility index (Phi) is 2.47. The Morgan fingerprint density at radius 1 is 1.26 bits per heavy atom. The lowest BCUT2D eigenvalue weighted by Crippen LogP contribution is -2.45. The van der Waals surface area contributed by atoms with E-state index in [1.54, 1.807) is 0 Å². The van der Waals surface area contributed by atoms with Crippen molar-refractivity contribution in [2.75, 3.05) is 13.1 Å². The van der Waals surface area contributed by atoms with Crippen molar-refractivity contribution in [2.24, 2.45) is 0 Å². The maximum absolute atomic E-state index is 11.0. The molecule has 0 saturated carbocycles. The molecule has 2 aromatic rings. The van der Waals surface area contributed by atoms with E-state index < -0.39 is 5.60 Å². The highest BCUT2D eigenvalue weighted by atomic mass is 16.4. The number of rotatable bonds is 1. The van der Waals surface area contributed by atoms with Crippen LogP contribution < -0.4 is 0 Å². The summed E-state index contributed by atoms with van der Waals surface area (Å²) in [5.41, 5.74) is 0.102. The predicted octanol–water partition coefficient (Wildman–Crippen LogP) is 2.88. The third kappa shape index (κ3) is 1.80. The number of piperidine rings is 1. The van der Waals surface area contributed by atoms with E-state index in [0.29, 0.717) is 6.04 Å². The summed E-state index contributed by atoms with van der Waals surface area (Å²) in [6.45, 7) is 2.18. The van der Waals surface area contributed by atoms with Crippen LogP contribution >= 0.6 is 0 Å². The van der Waals surface area contributed by atoms with Gasteiger partial charge in [0.15, 0.2) is 0 Å². The Morgan fingerprint density at radius 3 is 3.05 bits per heavy atom. The van der Waals surface area contributed by atoms with E-state index in [0.717, 1.165) is 36.1 Å². The fourth-order valence-electron chi connectivity index (χ4n) is 3.68. The van der Waals surface area contributed by atoms with Crippen LogP contribution in [0.1, 0.15) is 31.4 Å². The lowest BCUT2D eigenvalue weighted by Gasteiger charge is -2.39. The first kappa shape index (κ1) is 11.5. The SMILES string of the molecule is OC1(c2cc3ccccc3o2)CCN2CCCC2C1. The van der Waals surface area contributed by atoms with Gasteiger partial charge in [-0.2, -0.15) is 0 Å². The van der Waals surface area contributed by atoms with Gasteiger partial charge < -0.3 is 14.4 Å². The highest BCUT2D eigenvalue weighted by Crippen LogP contribution is 2.41. The van der Waals surface area contributed by atoms with Crippen molar-refractivity contribution >= 4 is 11.0 Å². The van der Waals surface area contributed by atoms with Crippen molar-refractivity contribution in [3.8, 4) is 0 Å². The second kappa shape index (κ2) is 4.09. The number of nitrogens with zero attached hydrogens (tertiary/aromatic N) is 1. The summed E-state index contributed by atoms with van der Waals surface area (Å²) in [4.78, 5) is 2.51. The van der Waals surface area contributed by atoms with Gasteiger partial charge in [-0.1, -0.05) is 18.2 Å². The third-order valence-electron chi connectivity index (χ3n) is 4.77. The molecule has 0 spiro atoms. The number of aliphatic hydroxyl groups is 1. The summed E-state index contributed by atoms with van der Waals surface area (Å²) in [5, 5.41) is 12.1. The van der Waals surface area contributed by atoms with Crippen molar-refractivity contribution in [1.29, 1.82) is 0 Å². The monoisotopic (exact) mass is 257 g/mol. The molecule has 3 nitrogen and oxygen atoms in total. The minimum atomic E-state index is -0.773. The van der Waals surface area contributed by atoms with E-state index in [1.807, 2.05) is 30.3 Å². The minimum Gasteiger partial charge on any atom is -0.458 e. The minimum absolute atomic E-state index is 0.534. The first-order valence-corrected chi connectivity index (χ1v) is 7.20. The maximum atomic E-state index is 11.0. The van der Waals surface area contributed by atoms with Crippen molar-refractivity contribution in [1.82, 2.24) is 4.90 Å². The van der Waals surface area contributed by atoms with Gasteiger partial charge in [-0.25, -0.2) is 0 Å². The lowest BCUT2D eigenvalue weighted by molar-refractivity contribution is -0.0549. The van der Waals surface area contributed by atoms with Crippen LogP contribution in [0.25, 0.3) is 11.0 Å². The summed E-state index contributed by atoms with van der Waals surface area (Å²) in [6.07, 6.45) is 4.07. The van der Waals surface area contributed by atoms with Gasteiger partial charge in [0, 0.05) is 18.0 Å². The van der Waals surface area contributed by atoms with Gasteiger partial charge in [-0.05, 0) is 44.4 Å². The van der Waals surface area contributed by atoms with Gasteiger partial charge >= 0.3 is 0 Å². The van der Waals surface area contributed by atoms with Crippen molar-refractivity contribution in [3.05, 3.63) is 36.1 Å². The summed E-state index contributed by atoms with van der Waals surface area (Å²) in [6, 6.07) is 10.5. The molecule has 1 aromatic heterocycles. The zero-order valence-corrected chi connectivity index (χ0v) is 11.0. The third-order valence-corrected chi connectivity index (χ3v) is 4.77. The molecule has 3 heterocycles. The topological polar surface area (TPSA) is 36.6 Å². The van der Waals surface area contributed by atoms with E-state index in [9.17, 15) is 5.11 Å². The van der Waals surface area contributed by atoms with Gasteiger partial charge in [-0.3, -0.25) is 0 Å². The van der Waals surface area contributed by atoms with E-state index in [4.69, 9.17) is 4.42 Å². The van der Waals surface area contributed by atoms with Crippen LogP contribution in [0.5, 0.6) is 0 Å². The molecule has 4 rings (SSSR count). The van der Waals surface area contributed by atoms with Crippen molar-refractivity contribution < 1.29 is 9.52 Å². The normalized spacial score (nSPS) is 31.7. The summed E-state index contributed by atoms with van der Waals surface area (Å²) in [7, 11) is 0. The summed E-state index contributed by atoms with van der Waals surface area (Å²) >= 11 is 0. The predicted molar refractivity (Wildman–Crippen MR) is 73.9 cm³/mol. The first-order valence-electron chi connectivity index (χ1n) is 7.20. The molecule has 100 valence electrons. The molecule has 2 atom stereocenters. The Hall–Kier alpha value is -1.32. The molecule has 2 fully saturated rings. The molecule has 1 N–H and O–H groups in total. The smallest absolute Gasteiger partial charge is 0.137 e. The second-order valence-electron chi connectivity index (χ2n) is 5.97. The van der Waals surface area contributed by atoms with Gasteiger partial charge in [-0.15, -0.1) is 0 Å². The molecule has 0 bridgehead atoms. The zero-order valence-electron chi connectivity index (χ0n) is 11.0. The van der Waals surface area contributed by atoms with E-state index in [2.05, 4.69) is 4.90 Å². The fraction of sp³-hybridized carbons (Fsp3) is 0.500. The number of benzene rings is 1. The van der Waals surface area contributed by atoms with Crippen LogP contribution in [0.15, 0.2) is 34.7 Å². The van der Waals surface area contributed by atoms with E-state index >= 15 is 0 Å². The molecule has 2 unspecified atom stereocenters. The van der Waals surface area contributed by atoms with Crippen LogP contribution in [0.2, 0.25) is 0 Å². The number of hydrogen-bond acceptors (Lipinski definition) is 3. The standard InChI is InChI=1S/C16H19NO2/c18-16(7-9-17-8-3-5-13(17)11-16)15-10-12-4-1-2-6-14(12)19-15/h1-2,4,6,10,13,18H,3,5,7-9,11H2. The summed E-state index contributed by atoms with van der Waals surface area (Å²) < 4.78 is 5.89. The average molecular weight is 257 g/mol. The second-order valence-corrected chi connectivity index (χ2v) is 5.97. The lowest BCUT2D eigenvalue weighted by atomic mass is 9.84. The molecule has 2 aliphatic rings. The van der Waals surface area contributed by atoms with Gasteiger partial charge in [0.05, 0.1) is 0 Å². The molecule has 19 heavy (non-hydrogen) atoms. The molecule has 0 radical (unpaired) electrons. The summed E-state index contributed by atoms with van der Waals surface area (Å²) in [5.74, 6) is 0.750. The molecule has 1 aromatic carbocycles. The number of fused-ring (bicyclic) bond motifs is 2. The van der Waals surface area contributed by atoms with Crippen molar-refractivity contribution in [3.63, 3.8) is 0 Å². The maximum Gasteiger partial charge on any atom is 0.137 e. The van der Waals surface area contributed by atoms with Crippen LogP contribution in [-0.2, 0) is 5.60 Å². The Morgan fingerprint density at radius 2 is 2.16 bits per heavy atom. The molecule has 0 aliphatic carbocycles. The molecular weight excluding hydrogens is 238 g/mol.